The Hall–Kier alpha value is -3.30. The van der Waals surface area contributed by atoms with Crippen LogP contribution in [0.25, 0.3) is 41.5 Å². The lowest BCUT2D eigenvalue weighted by atomic mass is 10.1. The quantitative estimate of drug-likeness (QED) is 0.586. The number of hydrogen-bond donors (Lipinski definition) is 0. The van der Waals surface area contributed by atoms with E-state index in [4.69, 9.17) is 13.1 Å². The van der Waals surface area contributed by atoms with Gasteiger partial charge in [0.2, 0.25) is 0 Å². The van der Waals surface area contributed by atoms with Crippen molar-refractivity contribution in [3.8, 4) is 12.1 Å². The molecule has 3 rings (SSSR count). The van der Waals surface area contributed by atoms with Crippen molar-refractivity contribution in [1.82, 2.24) is 9.97 Å². The van der Waals surface area contributed by atoms with Gasteiger partial charge in [0.15, 0.2) is 0 Å². The molecule has 0 aliphatic heterocycles. The van der Waals surface area contributed by atoms with Crippen molar-refractivity contribution in [2.24, 2.45) is 0 Å². The normalized spacial score (nSPS) is 12.9. The van der Waals surface area contributed by atoms with Crippen LogP contribution in [-0.4, -0.2) is 9.97 Å². The molecule has 0 aliphatic carbocycles. The van der Waals surface area contributed by atoms with Crippen LogP contribution in [0.2, 0.25) is 0 Å². The molecule has 3 aromatic rings. The van der Waals surface area contributed by atoms with Gasteiger partial charge in [0, 0.05) is 10.4 Å². The Balaban J connectivity index is 2.93. The summed E-state index contributed by atoms with van der Waals surface area (Å²) in [5, 5.41) is 21.0. The average molecular weight is 346 g/mol. The second-order valence-electron chi connectivity index (χ2n) is 4.72. The highest BCUT2D eigenvalue weighted by molar-refractivity contribution is 7.20. The van der Waals surface area contributed by atoms with Crippen molar-refractivity contribution >= 4 is 54.5 Å². The minimum absolute atomic E-state index is 0.0631. The Labute approximate surface area is 144 Å². The first kappa shape index (κ1) is 15.6. The Kier molecular flexibility index (Phi) is 3.72. The van der Waals surface area contributed by atoms with Gasteiger partial charge in [-0.05, 0) is 13.8 Å². The molecule has 6 nitrogen and oxygen atoms in total. The molecular weight excluding hydrogens is 340 g/mol. The molecule has 0 unspecified atom stereocenters. The SMILES string of the molecule is [C-]#[N+]/C(C#N)=c1/c2nc(C)sc2/c(=C(\C#N)[N+]#[C-])c2nc(C)sc12. The van der Waals surface area contributed by atoms with Crippen molar-refractivity contribution in [3.05, 3.63) is 43.3 Å². The van der Waals surface area contributed by atoms with Crippen molar-refractivity contribution in [2.45, 2.75) is 13.8 Å². The lowest BCUT2D eigenvalue weighted by Crippen LogP contribution is -2.16. The molecule has 8 heteroatoms. The summed E-state index contributed by atoms with van der Waals surface area (Å²) in [7, 11) is 0. The van der Waals surface area contributed by atoms with Gasteiger partial charge in [-0.3, -0.25) is 0 Å². The smallest absolute Gasteiger partial charge is 0.242 e. The Morgan fingerprint density at radius 3 is 1.54 bits per heavy atom. The maximum atomic E-state index is 9.34. The third kappa shape index (κ3) is 2.11. The Bertz CT molecular complexity index is 1120. The minimum atomic E-state index is -0.0631. The third-order valence-corrected chi connectivity index (χ3v) is 5.28. The van der Waals surface area contributed by atoms with Gasteiger partial charge in [0.1, 0.15) is 0 Å². The van der Waals surface area contributed by atoms with Crippen LogP contribution < -0.4 is 10.4 Å². The van der Waals surface area contributed by atoms with E-state index in [1.165, 1.54) is 22.7 Å². The maximum Gasteiger partial charge on any atom is 0.272 e. The van der Waals surface area contributed by atoms with Gasteiger partial charge in [-0.1, -0.05) is 0 Å². The molecule has 0 saturated heterocycles. The van der Waals surface area contributed by atoms with Crippen LogP contribution in [0.15, 0.2) is 0 Å². The fraction of sp³-hybridized carbons (Fsp3) is 0.125. The predicted octanol–water partition coefficient (Wildman–Crippen LogP) is 2.62. The molecule has 0 spiro atoms. The monoisotopic (exact) mass is 346 g/mol. The lowest BCUT2D eigenvalue weighted by Gasteiger charge is -1.98. The molecule has 0 radical (unpaired) electrons. The first-order valence-electron chi connectivity index (χ1n) is 6.55. The summed E-state index contributed by atoms with van der Waals surface area (Å²) in [6.45, 7) is 18.2. The van der Waals surface area contributed by atoms with Crippen molar-refractivity contribution in [3.63, 3.8) is 0 Å². The third-order valence-electron chi connectivity index (χ3n) is 3.30. The highest BCUT2D eigenvalue weighted by Gasteiger charge is 2.18. The highest BCUT2D eigenvalue weighted by Crippen LogP contribution is 2.24. The summed E-state index contributed by atoms with van der Waals surface area (Å²) < 4.78 is 1.23. The molecular formula is C16H6N6S2. The van der Waals surface area contributed by atoms with E-state index < -0.39 is 0 Å². The van der Waals surface area contributed by atoms with Crippen molar-refractivity contribution in [2.75, 3.05) is 0 Å². The number of rotatable bonds is 0. The van der Waals surface area contributed by atoms with Gasteiger partial charge in [-0.2, -0.15) is 0 Å². The van der Waals surface area contributed by atoms with E-state index in [9.17, 15) is 10.5 Å². The standard InChI is InChI=1S/C16H6N6S2/c1-7-21-13-11(9(5-17)19-3)16-14(22-8(2)24-16)12(15(13)23-7)10(6-18)20-4/h1-2H3/b11-9-,12-10+. The summed E-state index contributed by atoms with van der Waals surface area (Å²) in [5.41, 5.74) is 0.832. The summed E-state index contributed by atoms with van der Waals surface area (Å²) in [5.74, 6) is 0. The summed E-state index contributed by atoms with van der Waals surface area (Å²) in [4.78, 5) is 15.6. The molecule has 2 heterocycles. The van der Waals surface area contributed by atoms with Gasteiger partial charge >= 0.3 is 0 Å². The fourth-order valence-electron chi connectivity index (χ4n) is 2.46. The highest BCUT2D eigenvalue weighted by atomic mass is 32.1. The zero-order valence-electron chi connectivity index (χ0n) is 12.5. The van der Waals surface area contributed by atoms with Crippen LogP contribution in [0.3, 0.4) is 0 Å². The number of benzene rings is 1. The van der Waals surface area contributed by atoms with E-state index in [0.717, 1.165) is 10.0 Å². The van der Waals surface area contributed by atoms with E-state index in [1.54, 1.807) is 13.8 Å². The fourth-order valence-corrected chi connectivity index (χ4v) is 4.40. The molecule has 2 aromatic heterocycles. The molecule has 0 N–H and O–H groups in total. The first-order valence-corrected chi connectivity index (χ1v) is 8.19. The molecule has 0 atom stereocenters. The van der Waals surface area contributed by atoms with Crippen LogP contribution in [0.4, 0.5) is 0 Å². The molecule has 0 fully saturated rings. The van der Waals surface area contributed by atoms with E-state index in [1.807, 2.05) is 12.1 Å². The zero-order valence-corrected chi connectivity index (χ0v) is 14.1. The van der Waals surface area contributed by atoms with E-state index in [2.05, 4.69) is 19.7 Å². The summed E-state index contributed by atoms with van der Waals surface area (Å²) in [6.07, 6.45) is 0. The number of hydrogen-bond acceptors (Lipinski definition) is 6. The maximum absolute atomic E-state index is 9.34. The second-order valence-corrected chi connectivity index (χ2v) is 7.12. The second kappa shape index (κ2) is 5.72. The van der Waals surface area contributed by atoms with E-state index in [0.29, 0.717) is 30.9 Å². The van der Waals surface area contributed by atoms with E-state index >= 15 is 0 Å². The number of aromatic nitrogens is 2. The largest absolute Gasteiger partial charge is 0.272 e. The topological polar surface area (TPSA) is 82.1 Å². The molecule has 0 amide bonds. The number of nitrogens with zero attached hydrogens (tertiary/aromatic N) is 6. The lowest BCUT2D eigenvalue weighted by molar-refractivity contribution is 1.33. The first-order chi connectivity index (χ1) is 11.5. The van der Waals surface area contributed by atoms with E-state index in [-0.39, 0.29) is 11.4 Å². The number of aryl methyl sites for hydroxylation is 2. The minimum Gasteiger partial charge on any atom is -0.242 e. The van der Waals surface area contributed by atoms with Gasteiger partial charge in [-0.25, -0.2) is 30.2 Å². The molecule has 1 aromatic carbocycles. The van der Waals surface area contributed by atoms with Crippen molar-refractivity contribution < 1.29 is 0 Å². The number of nitriles is 2. The summed E-state index contributed by atoms with van der Waals surface area (Å²) >= 11 is 2.65. The van der Waals surface area contributed by atoms with Gasteiger partial charge in [0.25, 0.3) is 11.4 Å². The predicted molar refractivity (Wildman–Crippen MR) is 92.8 cm³/mol. The van der Waals surface area contributed by atoms with Gasteiger partial charge in [0.05, 0.1) is 55.7 Å². The Morgan fingerprint density at radius 2 is 1.25 bits per heavy atom. The molecule has 0 bridgehead atoms. The van der Waals surface area contributed by atoms with Crippen LogP contribution in [0, 0.1) is 49.7 Å². The zero-order chi connectivity index (χ0) is 17.4. The van der Waals surface area contributed by atoms with Gasteiger partial charge < -0.3 is 0 Å². The van der Waals surface area contributed by atoms with Crippen LogP contribution in [-0.2, 0) is 0 Å². The van der Waals surface area contributed by atoms with Crippen LogP contribution in [0.1, 0.15) is 10.0 Å². The number of thiazole rings is 2. The molecule has 24 heavy (non-hydrogen) atoms. The Morgan fingerprint density at radius 1 is 0.875 bits per heavy atom. The van der Waals surface area contributed by atoms with Crippen LogP contribution in [0.5, 0.6) is 0 Å². The van der Waals surface area contributed by atoms with Gasteiger partial charge in [-0.15, -0.1) is 22.7 Å². The van der Waals surface area contributed by atoms with Crippen LogP contribution >= 0.6 is 22.7 Å². The average Bonchev–Trinajstić information content (AvgIpc) is 3.12. The molecule has 0 saturated carbocycles. The number of fused-ring (bicyclic) bond motifs is 2. The molecule has 0 aliphatic rings. The van der Waals surface area contributed by atoms with Crippen molar-refractivity contribution in [1.29, 1.82) is 10.5 Å². The molecule has 112 valence electrons. The summed E-state index contributed by atoms with van der Waals surface area (Å²) in [6, 6.07) is 3.84.